The first-order valence-electron chi connectivity index (χ1n) is 6.68. The summed E-state index contributed by atoms with van der Waals surface area (Å²) in [5, 5.41) is 15.0. The molecule has 0 bridgehead atoms. The molecule has 1 saturated heterocycles. The van der Waals surface area contributed by atoms with Crippen molar-refractivity contribution in [2.75, 3.05) is 6.61 Å². The Morgan fingerprint density at radius 2 is 2.09 bits per heavy atom. The Hall–Kier alpha value is -1.73. The maximum absolute atomic E-state index is 11.8. The summed E-state index contributed by atoms with van der Waals surface area (Å²) in [6.07, 6.45) is 0. The van der Waals surface area contributed by atoms with Crippen molar-refractivity contribution in [3.63, 3.8) is 0 Å². The Bertz CT molecular complexity index is 618. The van der Waals surface area contributed by atoms with Gasteiger partial charge in [0.2, 0.25) is 0 Å². The molecule has 8 heteroatoms. The monoisotopic (exact) mass is 342 g/mol. The molecule has 1 aromatic carbocycles. The highest BCUT2D eigenvalue weighted by molar-refractivity contribution is 8.03. The number of carbonyl (C=O) groups is 1. The molecule has 118 valence electrons. The largest absolute Gasteiger partial charge is 0.458 e. The molecule has 0 aromatic heterocycles. The second-order valence-corrected chi connectivity index (χ2v) is 6.27. The molecule has 1 N–H and O–H groups in total. The molecular weight excluding hydrogens is 328 g/mol. The highest BCUT2D eigenvalue weighted by Crippen LogP contribution is 2.43. The van der Waals surface area contributed by atoms with Crippen LogP contribution in [-0.4, -0.2) is 23.5 Å². The zero-order chi connectivity index (χ0) is 16.3. The average Bonchev–Trinajstić information content (AvgIpc) is 2.81. The lowest BCUT2D eigenvalue weighted by molar-refractivity contribution is -0.422. The average molecular weight is 343 g/mol. The molecule has 1 aliphatic heterocycles. The van der Waals surface area contributed by atoms with E-state index in [1.54, 1.807) is 19.1 Å². The number of thioether (sulfide) groups is 1. The minimum atomic E-state index is -0.925. The van der Waals surface area contributed by atoms with Gasteiger partial charge in [-0.15, -0.1) is 0 Å². The van der Waals surface area contributed by atoms with Crippen molar-refractivity contribution in [1.82, 2.24) is 5.32 Å². The maximum atomic E-state index is 11.8. The molecule has 2 unspecified atom stereocenters. The van der Waals surface area contributed by atoms with Gasteiger partial charge >= 0.3 is 11.7 Å². The van der Waals surface area contributed by atoms with Crippen LogP contribution in [-0.2, 0) is 9.53 Å². The van der Waals surface area contributed by atoms with Crippen molar-refractivity contribution in [3.8, 4) is 0 Å². The number of halogens is 1. The molecular formula is C14H15ClN2O4S. The van der Waals surface area contributed by atoms with Crippen molar-refractivity contribution in [2.24, 2.45) is 0 Å². The molecule has 6 nitrogen and oxygen atoms in total. The van der Waals surface area contributed by atoms with Crippen molar-refractivity contribution < 1.29 is 14.5 Å². The summed E-state index contributed by atoms with van der Waals surface area (Å²) in [7, 11) is 0. The third kappa shape index (κ3) is 3.53. The van der Waals surface area contributed by atoms with Gasteiger partial charge in [0.1, 0.15) is 0 Å². The lowest BCUT2D eigenvalue weighted by Crippen LogP contribution is -2.25. The lowest BCUT2D eigenvalue weighted by atomic mass is 10.1. The maximum Gasteiger partial charge on any atom is 0.412 e. The van der Waals surface area contributed by atoms with Gasteiger partial charge < -0.3 is 10.1 Å². The van der Waals surface area contributed by atoms with Gasteiger partial charge in [0, 0.05) is 11.1 Å². The van der Waals surface area contributed by atoms with E-state index in [0.29, 0.717) is 5.02 Å². The molecule has 1 heterocycles. The SMILES string of the molecule is CCOC(=O)/C(=C1\NC(C)C(c2ccc(Cl)cc2)S1)[N+](=O)[O-]. The molecule has 2 atom stereocenters. The van der Waals surface area contributed by atoms with Gasteiger partial charge in [-0.2, -0.15) is 0 Å². The molecule has 0 amide bonds. The van der Waals surface area contributed by atoms with Crippen LogP contribution in [0.25, 0.3) is 0 Å². The van der Waals surface area contributed by atoms with Gasteiger partial charge in [0.25, 0.3) is 0 Å². The van der Waals surface area contributed by atoms with E-state index in [9.17, 15) is 14.9 Å². The number of esters is 1. The van der Waals surface area contributed by atoms with E-state index < -0.39 is 16.6 Å². The summed E-state index contributed by atoms with van der Waals surface area (Å²) in [4.78, 5) is 22.2. The first-order valence-corrected chi connectivity index (χ1v) is 7.94. The first-order chi connectivity index (χ1) is 10.4. The van der Waals surface area contributed by atoms with E-state index in [1.165, 1.54) is 11.8 Å². The number of rotatable bonds is 4. The first kappa shape index (κ1) is 16.6. The van der Waals surface area contributed by atoms with Crippen molar-refractivity contribution >= 4 is 29.3 Å². The molecule has 2 rings (SSSR count). The summed E-state index contributed by atoms with van der Waals surface area (Å²) in [5.41, 5.74) is 0.436. The quantitative estimate of drug-likeness (QED) is 0.392. The number of ether oxygens (including phenoxy) is 1. The van der Waals surface area contributed by atoms with Crippen molar-refractivity contribution in [2.45, 2.75) is 25.1 Å². The number of hydrogen-bond acceptors (Lipinski definition) is 6. The fraction of sp³-hybridized carbons (Fsp3) is 0.357. The standard InChI is InChI=1S/C14H15ClN2O4S/c1-3-21-14(18)11(17(19)20)13-16-8(2)12(22-13)9-4-6-10(15)7-5-9/h4-8,12,16H,3H2,1-2H3/b13-11-. The number of nitrogens with one attached hydrogen (secondary N) is 1. The molecule has 0 spiro atoms. The molecule has 22 heavy (non-hydrogen) atoms. The summed E-state index contributed by atoms with van der Waals surface area (Å²) in [5.74, 6) is -0.925. The summed E-state index contributed by atoms with van der Waals surface area (Å²) in [6.45, 7) is 3.60. The van der Waals surface area contributed by atoms with E-state index in [0.717, 1.165) is 5.56 Å². The van der Waals surface area contributed by atoms with Crippen LogP contribution in [0.15, 0.2) is 35.0 Å². The van der Waals surface area contributed by atoms with Crippen LogP contribution >= 0.6 is 23.4 Å². The fourth-order valence-corrected chi connectivity index (χ4v) is 3.60. The number of carbonyl (C=O) groups excluding carboxylic acids is 1. The summed E-state index contributed by atoms with van der Waals surface area (Å²) in [6, 6.07) is 7.22. The van der Waals surface area contributed by atoms with Gasteiger partial charge in [-0.1, -0.05) is 35.5 Å². The highest BCUT2D eigenvalue weighted by Gasteiger charge is 2.38. The molecule has 0 aliphatic carbocycles. The summed E-state index contributed by atoms with van der Waals surface area (Å²) >= 11 is 7.12. The zero-order valence-corrected chi connectivity index (χ0v) is 13.6. The number of benzene rings is 1. The Kier molecular flexibility index (Phi) is 5.31. The van der Waals surface area contributed by atoms with Crippen molar-refractivity contribution in [1.29, 1.82) is 0 Å². The smallest absolute Gasteiger partial charge is 0.412 e. The van der Waals surface area contributed by atoms with E-state index in [1.807, 2.05) is 19.1 Å². The third-order valence-corrected chi connectivity index (χ3v) is 4.86. The van der Waals surface area contributed by atoms with E-state index in [4.69, 9.17) is 16.3 Å². The highest BCUT2D eigenvalue weighted by atomic mass is 35.5. The summed E-state index contributed by atoms with van der Waals surface area (Å²) < 4.78 is 4.76. The third-order valence-electron chi connectivity index (χ3n) is 3.12. The number of nitrogens with zero attached hydrogens (tertiary/aromatic N) is 1. The zero-order valence-electron chi connectivity index (χ0n) is 12.0. The van der Waals surface area contributed by atoms with E-state index in [-0.39, 0.29) is 22.9 Å². The Balaban J connectivity index is 2.31. The molecule has 1 aliphatic rings. The Morgan fingerprint density at radius 1 is 1.45 bits per heavy atom. The van der Waals surface area contributed by atoms with Gasteiger partial charge in [0.15, 0.2) is 5.03 Å². The molecule has 0 saturated carbocycles. The molecule has 1 fully saturated rings. The van der Waals surface area contributed by atoms with Crippen molar-refractivity contribution in [3.05, 3.63) is 55.7 Å². The predicted octanol–water partition coefficient (Wildman–Crippen LogP) is 3.11. The number of nitro groups is 1. The number of hydrogen-bond donors (Lipinski definition) is 1. The van der Waals surface area contributed by atoms with Gasteiger partial charge in [-0.25, -0.2) is 4.79 Å². The normalized spacial score (nSPS) is 22.9. The van der Waals surface area contributed by atoms with Crippen LogP contribution in [0.2, 0.25) is 5.02 Å². The second-order valence-electron chi connectivity index (χ2n) is 4.68. The van der Waals surface area contributed by atoms with Crippen LogP contribution in [0.5, 0.6) is 0 Å². The second kappa shape index (κ2) is 7.02. The van der Waals surface area contributed by atoms with Gasteiger partial charge in [-0.3, -0.25) is 10.1 Å². The lowest BCUT2D eigenvalue weighted by Gasteiger charge is -2.13. The minimum Gasteiger partial charge on any atom is -0.458 e. The van der Waals surface area contributed by atoms with Crippen LogP contribution in [0.4, 0.5) is 0 Å². The minimum absolute atomic E-state index is 0.0448. The van der Waals surface area contributed by atoms with Gasteiger partial charge in [0.05, 0.1) is 16.8 Å². The van der Waals surface area contributed by atoms with Crippen LogP contribution < -0.4 is 5.32 Å². The molecule has 0 radical (unpaired) electrons. The van der Waals surface area contributed by atoms with Crippen LogP contribution in [0.3, 0.4) is 0 Å². The van der Waals surface area contributed by atoms with E-state index >= 15 is 0 Å². The Labute approximate surface area is 137 Å². The Morgan fingerprint density at radius 3 is 2.64 bits per heavy atom. The topological polar surface area (TPSA) is 81.5 Å². The van der Waals surface area contributed by atoms with Crippen LogP contribution in [0.1, 0.15) is 24.7 Å². The predicted molar refractivity (Wildman–Crippen MR) is 85.0 cm³/mol. The van der Waals surface area contributed by atoms with E-state index in [2.05, 4.69) is 5.32 Å². The van der Waals surface area contributed by atoms with Crippen LogP contribution in [0, 0.1) is 10.1 Å². The van der Waals surface area contributed by atoms with Gasteiger partial charge in [-0.05, 0) is 31.5 Å². The molecule has 1 aromatic rings. The fourth-order valence-electron chi connectivity index (χ4n) is 2.13.